The van der Waals surface area contributed by atoms with Crippen LogP contribution >= 0.6 is 11.6 Å². The summed E-state index contributed by atoms with van der Waals surface area (Å²) in [6.45, 7) is 5.91. The molecule has 4 heterocycles. The number of amides is 2. The molecule has 3 aliphatic heterocycles. The van der Waals surface area contributed by atoms with E-state index >= 15 is 0 Å². The van der Waals surface area contributed by atoms with Crippen molar-refractivity contribution < 1.29 is 14.7 Å². The Morgan fingerprint density at radius 3 is 2.75 bits per heavy atom. The van der Waals surface area contributed by atoms with Crippen LogP contribution in [0, 0.1) is 6.92 Å². The summed E-state index contributed by atoms with van der Waals surface area (Å²) < 4.78 is 0. The fourth-order valence-electron chi connectivity index (χ4n) is 5.16. The van der Waals surface area contributed by atoms with Crippen LogP contribution in [0.5, 0.6) is 0 Å². The molecule has 0 saturated carbocycles. The van der Waals surface area contributed by atoms with Crippen molar-refractivity contribution in [2.45, 2.75) is 44.8 Å². The maximum Gasteiger partial charge on any atom is 0.256 e. The van der Waals surface area contributed by atoms with Crippen LogP contribution in [-0.2, 0) is 11.2 Å². The number of nitrogens with one attached hydrogen (secondary N) is 3. The number of hydrogen-bond acceptors (Lipinski definition) is 4. The van der Waals surface area contributed by atoms with E-state index in [1.165, 1.54) is 0 Å². The van der Waals surface area contributed by atoms with E-state index in [0.717, 1.165) is 41.3 Å². The van der Waals surface area contributed by atoms with Gasteiger partial charge in [0.2, 0.25) is 0 Å². The first kappa shape index (κ1) is 21.2. The van der Waals surface area contributed by atoms with Gasteiger partial charge in [-0.1, -0.05) is 11.6 Å². The van der Waals surface area contributed by atoms with Crippen LogP contribution in [-0.4, -0.2) is 58.1 Å². The van der Waals surface area contributed by atoms with E-state index in [4.69, 9.17) is 11.6 Å². The predicted octanol–water partition coefficient (Wildman–Crippen LogP) is 2.97. The molecule has 1 aromatic heterocycles. The Kier molecular flexibility index (Phi) is 5.15. The highest BCUT2D eigenvalue weighted by Crippen LogP contribution is 2.37. The zero-order valence-electron chi connectivity index (χ0n) is 18.2. The van der Waals surface area contributed by atoms with Gasteiger partial charge in [-0.15, -0.1) is 0 Å². The highest BCUT2D eigenvalue weighted by atomic mass is 35.5. The van der Waals surface area contributed by atoms with Gasteiger partial charge >= 0.3 is 0 Å². The number of halogens is 1. The molecule has 8 heteroatoms. The minimum atomic E-state index is -0.877. The summed E-state index contributed by atoms with van der Waals surface area (Å²) >= 11 is 6.14. The molecule has 0 spiro atoms. The van der Waals surface area contributed by atoms with E-state index in [-0.39, 0.29) is 17.9 Å². The molecule has 0 aliphatic carbocycles. The molecule has 0 radical (unpaired) electrons. The van der Waals surface area contributed by atoms with Crippen molar-refractivity contribution in [1.82, 2.24) is 15.2 Å². The Labute approximate surface area is 191 Å². The van der Waals surface area contributed by atoms with Gasteiger partial charge in [0.25, 0.3) is 11.8 Å². The van der Waals surface area contributed by atoms with E-state index in [1.54, 1.807) is 24.3 Å². The topological polar surface area (TPSA) is 97.5 Å². The number of hydrogen-bond donors (Lipinski definition) is 4. The normalized spacial score (nSPS) is 22.0. The summed E-state index contributed by atoms with van der Waals surface area (Å²) in [5.74, 6) is -0.257. The van der Waals surface area contributed by atoms with Gasteiger partial charge < -0.3 is 25.6 Å². The first-order valence-corrected chi connectivity index (χ1v) is 11.4. The SMILES string of the molecule is Cc1c(C=C2C(=O)Nc3ccc(Cl)cc32)[nH]c2c1C(=O)N(C(C)C1(O)CCNCC1)CC2. The van der Waals surface area contributed by atoms with Crippen molar-refractivity contribution in [1.29, 1.82) is 0 Å². The Morgan fingerprint density at radius 2 is 2.00 bits per heavy atom. The largest absolute Gasteiger partial charge is 0.388 e. The predicted molar refractivity (Wildman–Crippen MR) is 125 cm³/mol. The number of aromatic amines is 1. The molecule has 7 nitrogen and oxygen atoms in total. The van der Waals surface area contributed by atoms with Gasteiger partial charge in [0.1, 0.15) is 0 Å². The summed E-state index contributed by atoms with van der Waals surface area (Å²) in [4.78, 5) is 31.2. The average molecular weight is 455 g/mol. The van der Waals surface area contributed by atoms with Gasteiger partial charge in [-0.05, 0) is 69.6 Å². The standard InChI is InChI=1S/C24H27ClN4O3/c1-13-20(12-17-16-11-15(25)3-4-18(16)28-22(17)30)27-19-5-10-29(23(31)21(13)19)14(2)24(32)6-8-26-9-7-24/h3-4,11-12,14,26-27,32H,5-10H2,1-2H3,(H,28,30). The smallest absolute Gasteiger partial charge is 0.256 e. The first-order valence-electron chi connectivity index (χ1n) is 11.1. The summed E-state index contributed by atoms with van der Waals surface area (Å²) in [5.41, 5.74) is 4.22. The second-order valence-electron chi connectivity index (χ2n) is 9.00. The van der Waals surface area contributed by atoms with E-state index in [2.05, 4.69) is 15.6 Å². The lowest BCUT2D eigenvalue weighted by Crippen LogP contribution is -2.58. The number of aliphatic hydroxyl groups is 1. The Balaban J connectivity index is 1.48. The van der Waals surface area contributed by atoms with Gasteiger partial charge in [-0.25, -0.2) is 0 Å². The van der Waals surface area contributed by atoms with Crippen LogP contribution < -0.4 is 10.6 Å². The molecule has 0 bridgehead atoms. The van der Waals surface area contributed by atoms with Crippen molar-refractivity contribution in [3.05, 3.63) is 51.3 Å². The van der Waals surface area contributed by atoms with E-state index < -0.39 is 5.60 Å². The van der Waals surface area contributed by atoms with E-state index in [0.29, 0.717) is 42.0 Å². The molecule has 1 saturated heterocycles. The second kappa shape index (κ2) is 7.76. The van der Waals surface area contributed by atoms with E-state index in [1.807, 2.05) is 18.7 Å². The minimum Gasteiger partial charge on any atom is -0.388 e. The van der Waals surface area contributed by atoms with Crippen molar-refractivity contribution in [2.24, 2.45) is 0 Å². The summed E-state index contributed by atoms with van der Waals surface area (Å²) in [7, 11) is 0. The fraction of sp³-hybridized carbons (Fsp3) is 0.417. The number of fused-ring (bicyclic) bond motifs is 2. The molecule has 1 atom stereocenters. The highest BCUT2D eigenvalue weighted by Gasteiger charge is 2.42. The number of carbonyl (C=O) groups excluding carboxylic acids is 2. The van der Waals surface area contributed by atoms with Crippen molar-refractivity contribution in [2.75, 3.05) is 25.0 Å². The number of nitrogens with zero attached hydrogens (tertiary/aromatic N) is 1. The lowest BCUT2D eigenvalue weighted by atomic mass is 9.84. The number of aromatic nitrogens is 1. The minimum absolute atomic E-state index is 0.0663. The molecule has 1 unspecified atom stereocenters. The molecule has 3 aliphatic rings. The number of carbonyl (C=O) groups is 2. The van der Waals surface area contributed by atoms with Crippen LogP contribution in [0.25, 0.3) is 11.6 Å². The van der Waals surface area contributed by atoms with Gasteiger partial charge in [0.05, 0.1) is 22.8 Å². The molecular weight excluding hydrogens is 428 g/mol. The molecular formula is C24H27ClN4O3. The quantitative estimate of drug-likeness (QED) is 0.536. The van der Waals surface area contributed by atoms with Crippen LogP contribution in [0.1, 0.15) is 52.6 Å². The molecule has 168 valence electrons. The number of benzene rings is 1. The van der Waals surface area contributed by atoms with Crippen molar-refractivity contribution in [3.8, 4) is 0 Å². The Hall–Kier alpha value is -2.61. The molecule has 1 fully saturated rings. The maximum absolute atomic E-state index is 13.5. The molecule has 2 amide bonds. The number of rotatable bonds is 3. The Morgan fingerprint density at radius 1 is 1.25 bits per heavy atom. The molecule has 2 aromatic rings. The maximum atomic E-state index is 13.5. The number of anilines is 1. The van der Waals surface area contributed by atoms with E-state index in [9.17, 15) is 14.7 Å². The summed E-state index contributed by atoms with van der Waals surface area (Å²) in [6, 6.07) is 5.04. The average Bonchev–Trinajstić information content (AvgIpc) is 3.25. The molecule has 32 heavy (non-hydrogen) atoms. The van der Waals surface area contributed by atoms with Crippen LogP contribution in [0.4, 0.5) is 5.69 Å². The molecule has 5 rings (SSSR count). The lowest BCUT2D eigenvalue weighted by Gasteiger charge is -2.44. The van der Waals surface area contributed by atoms with Gasteiger partial charge in [0.15, 0.2) is 0 Å². The fourth-order valence-corrected chi connectivity index (χ4v) is 5.34. The van der Waals surface area contributed by atoms with Gasteiger partial charge in [0, 0.05) is 40.6 Å². The monoisotopic (exact) mass is 454 g/mol. The van der Waals surface area contributed by atoms with Crippen LogP contribution in [0.15, 0.2) is 18.2 Å². The summed E-state index contributed by atoms with van der Waals surface area (Å²) in [6.07, 6.45) is 3.74. The zero-order valence-corrected chi connectivity index (χ0v) is 19.0. The molecule has 4 N–H and O–H groups in total. The lowest BCUT2D eigenvalue weighted by molar-refractivity contribution is -0.110. The summed E-state index contributed by atoms with van der Waals surface area (Å²) in [5, 5.41) is 17.8. The first-order chi connectivity index (χ1) is 15.3. The van der Waals surface area contributed by atoms with Crippen LogP contribution in [0.3, 0.4) is 0 Å². The third-order valence-electron chi connectivity index (χ3n) is 7.21. The molecule has 1 aromatic carbocycles. The van der Waals surface area contributed by atoms with Crippen molar-refractivity contribution in [3.63, 3.8) is 0 Å². The van der Waals surface area contributed by atoms with Gasteiger partial charge in [-0.3, -0.25) is 9.59 Å². The third kappa shape index (κ3) is 3.36. The highest BCUT2D eigenvalue weighted by molar-refractivity contribution is 6.36. The number of piperidine rings is 1. The van der Waals surface area contributed by atoms with Gasteiger partial charge in [-0.2, -0.15) is 0 Å². The second-order valence-corrected chi connectivity index (χ2v) is 9.43. The van der Waals surface area contributed by atoms with Crippen molar-refractivity contribution >= 4 is 40.8 Å². The third-order valence-corrected chi connectivity index (χ3v) is 7.45. The Bertz CT molecular complexity index is 1150. The zero-order chi connectivity index (χ0) is 22.6. The van der Waals surface area contributed by atoms with Crippen LogP contribution in [0.2, 0.25) is 5.02 Å². The number of H-pyrrole nitrogens is 1.